The van der Waals surface area contributed by atoms with E-state index in [-0.39, 0.29) is 54.4 Å². The van der Waals surface area contributed by atoms with Gasteiger partial charge in [-0.3, -0.25) is 14.4 Å². The van der Waals surface area contributed by atoms with Crippen LogP contribution in [0.5, 0.6) is 5.75 Å². The van der Waals surface area contributed by atoms with E-state index in [1.54, 1.807) is 0 Å². The quantitative estimate of drug-likeness (QED) is 0.309. The highest BCUT2D eigenvalue weighted by atomic mass is 16.3. The zero-order chi connectivity index (χ0) is 28.7. The number of benzene rings is 2. The molecule has 3 unspecified atom stereocenters. The Morgan fingerprint density at radius 3 is 2.36 bits per heavy atom. The molecule has 0 spiro atoms. The summed E-state index contributed by atoms with van der Waals surface area (Å²) in [6.07, 6.45) is 3.67. The topological polar surface area (TPSA) is 115 Å². The maximum atomic E-state index is 13.4. The molecule has 0 aromatic heterocycles. The molecule has 0 heterocycles. The van der Waals surface area contributed by atoms with Crippen LogP contribution in [0.1, 0.15) is 71.6 Å². The summed E-state index contributed by atoms with van der Waals surface area (Å²) in [5, 5.41) is 30.8. The molecule has 0 radical (unpaired) electrons. The van der Waals surface area contributed by atoms with Crippen molar-refractivity contribution in [2.75, 3.05) is 32.2 Å². The molecular formula is C32H43NO6. The molecule has 3 atom stereocenters. The number of anilines is 1. The van der Waals surface area contributed by atoms with Crippen molar-refractivity contribution in [3.8, 4) is 5.75 Å². The van der Waals surface area contributed by atoms with Gasteiger partial charge in [-0.25, -0.2) is 0 Å². The number of carbonyl (C=O) groups is 3. The van der Waals surface area contributed by atoms with E-state index < -0.39 is 12.5 Å². The van der Waals surface area contributed by atoms with Gasteiger partial charge in [-0.15, -0.1) is 0 Å². The summed E-state index contributed by atoms with van der Waals surface area (Å²) in [6, 6.07) is 10.4. The number of aromatic hydroxyl groups is 1. The van der Waals surface area contributed by atoms with Gasteiger partial charge in [-0.2, -0.15) is 0 Å². The van der Waals surface area contributed by atoms with Gasteiger partial charge in [0.1, 0.15) is 17.3 Å². The van der Waals surface area contributed by atoms with Gasteiger partial charge in [0.05, 0.1) is 18.6 Å². The Kier molecular flexibility index (Phi) is 10.8. The Bertz CT molecular complexity index is 1170. The minimum atomic E-state index is -0.754. The van der Waals surface area contributed by atoms with Crippen LogP contribution >= 0.6 is 0 Å². The molecule has 2 aromatic rings. The molecule has 2 aromatic carbocycles. The first-order valence-electron chi connectivity index (χ1n) is 13.9. The van der Waals surface area contributed by atoms with E-state index in [1.165, 1.54) is 18.1 Å². The molecule has 7 heteroatoms. The molecule has 3 rings (SSSR count). The van der Waals surface area contributed by atoms with Gasteiger partial charge < -0.3 is 20.2 Å². The average molecular weight is 538 g/mol. The maximum Gasteiger partial charge on any atom is 0.167 e. The first-order valence-corrected chi connectivity index (χ1v) is 13.9. The predicted octanol–water partition coefficient (Wildman–Crippen LogP) is 4.23. The Labute approximate surface area is 231 Å². The summed E-state index contributed by atoms with van der Waals surface area (Å²) >= 11 is 0. The van der Waals surface area contributed by atoms with Gasteiger partial charge >= 0.3 is 0 Å². The molecule has 1 aliphatic carbocycles. The number of hydrogen-bond acceptors (Lipinski definition) is 7. The lowest BCUT2D eigenvalue weighted by Crippen LogP contribution is -2.33. The van der Waals surface area contributed by atoms with Crippen LogP contribution in [-0.4, -0.2) is 60.0 Å². The van der Waals surface area contributed by atoms with Gasteiger partial charge in [0.25, 0.3) is 0 Å². The van der Waals surface area contributed by atoms with Crippen molar-refractivity contribution in [1.82, 2.24) is 0 Å². The van der Waals surface area contributed by atoms with Crippen molar-refractivity contribution in [3.63, 3.8) is 0 Å². The van der Waals surface area contributed by atoms with Crippen LogP contribution in [-0.2, 0) is 28.9 Å². The highest BCUT2D eigenvalue weighted by molar-refractivity contribution is 6.03. The molecule has 1 aliphatic rings. The lowest BCUT2D eigenvalue weighted by Gasteiger charge is -2.33. The number of phenolic OH excluding ortho intramolecular Hbond substituents is 1. The number of aryl methyl sites for hydroxylation is 3. The van der Waals surface area contributed by atoms with Gasteiger partial charge in [-0.1, -0.05) is 29.8 Å². The van der Waals surface area contributed by atoms with Crippen LogP contribution in [0.25, 0.3) is 0 Å². The molecule has 3 N–H and O–H groups in total. The molecule has 0 saturated heterocycles. The van der Waals surface area contributed by atoms with Gasteiger partial charge in [0.15, 0.2) is 5.78 Å². The first-order chi connectivity index (χ1) is 18.5. The van der Waals surface area contributed by atoms with Crippen molar-refractivity contribution >= 4 is 23.0 Å². The Morgan fingerprint density at radius 1 is 1.08 bits per heavy atom. The summed E-state index contributed by atoms with van der Waals surface area (Å²) < 4.78 is 0. The maximum absolute atomic E-state index is 13.4. The van der Waals surface area contributed by atoms with Crippen molar-refractivity contribution < 1.29 is 29.7 Å². The zero-order valence-electron chi connectivity index (χ0n) is 23.7. The number of phenols is 1. The van der Waals surface area contributed by atoms with E-state index in [0.29, 0.717) is 31.2 Å². The molecule has 0 aliphatic heterocycles. The highest BCUT2D eigenvalue weighted by Crippen LogP contribution is 2.42. The summed E-state index contributed by atoms with van der Waals surface area (Å²) in [4.78, 5) is 39.6. The number of fused-ring (bicyclic) bond motifs is 1. The van der Waals surface area contributed by atoms with Gasteiger partial charge in [0, 0.05) is 38.7 Å². The van der Waals surface area contributed by atoms with E-state index in [1.807, 2.05) is 25.1 Å². The fourth-order valence-electron chi connectivity index (χ4n) is 5.95. The third-order valence-electron chi connectivity index (χ3n) is 7.96. The van der Waals surface area contributed by atoms with E-state index in [2.05, 4.69) is 31.2 Å². The third kappa shape index (κ3) is 7.76. The van der Waals surface area contributed by atoms with E-state index in [4.69, 9.17) is 0 Å². The Morgan fingerprint density at radius 2 is 1.77 bits per heavy atom. The molecular weight excluding hydrogens is 494 g/mol. The molecule has 0 fully saturated rings. The van der Waals surface area contributed by atoms with E-state index in [9.17, 15) is 29.7 Å². The van der Waals surface area contributed by atoms with Crippen LogP contribution in [0, 0.1) is 24.7 Å². The summed E-state index contributed by atoms with van der Waals surface area (Å²) in [7, 11) is 3.85. The number of rotatable bonds is 14. The number of aliphatic hydroxyl groups excluding tert-OH is 2. The second-order valence-electron chi connectivity index (χ2n) is 11.3. The van der Waals surface area contributed by atoms with E-state index >= 15 is 0 Å². The Balaban J connectivity index is 1.83. The SMILES string of the molecule is CC(=O)CC(=O)C(CO)C(CCO)CC1CC(=O)c2c(O)c(CCCc3ccc(C)cc3)cc(N(C)C)c2C1. The molecule has 7 nitrogen and oxygen atoms in total. The summed E-state index contributed by atoms with van der Waals surface area (Å²) in [5.41, 5.74) is 5.33. The molecule has 0 saturated carbocycles. The number of carbonyl (C=O) groups excluding carboxylic acids is 3. The zero-order valence-corrected chi connectivity index (χ0v) is 23.7. The fourth-order valence-corrected chi connectivity index (χ4v) is 5.95. The van der Waals surface area contributed by atoms with Crippen molar-refractivity contribution in [2.45, 2.75) is 65.2 Å². The number of Topliss-reactive ketones (excluding diaryl/α,β-unsaturated/α-hetero) is 3. The summed E-state index contributed by atoms with van der Waals surface area (Å²) in [5.74, 6) is -1.85. The largest absolute Gasteiger partial charge is 0.507 e. The third-order valence-corrected chi connectivity index (χ3v) is 7.96. The van der Waals surface area contributed by atoms with Crippen LogP contribution in [0.4, 0.5) is 5.69 Å². The standard InChI is InChI=1S/C32H43NO6/c1-20-8-10-22(11-9-20)6-5-7-25-18-28(33(3)4)26-16-23(17-30(38)31(26)32(25)39)15-24(12-13-34)27(19-35)29(37)14-21(2)36/h8-11,18,23-24,27,34-35,39H,5-7,12-17,19H2,1-4H3. The van der Waals surface area contributed by atoms with Crippen molar-refractivity contribution in [3.05, 3.63) is 58.1 Å². The minimum absolute atomic E-state index is 0.0692. The molecule has 0 bridgehead atoms. The summed E-state index contributed by atoms with van der Waals surface area (Å²) in [6.45, 7) is 2.85. The second kappa shape index (κ2) is 13.9. The van der Waals surface area contributed by atoms with Crippen LogP contribution < -0.4 is 4.90 Å². The Hall–Kier alpha value is -3.03. The predicted molar refractivity (Wildman–Crippen MR) is 152 cm³/mol. The number of aliphatic hydroxyl groups is 2. The molecule has 39 heavy (non-hydrogen) atoms. The lowest BCUT2D eigenvalue weighted by molar-refractivity contribution is -0.131. The molecule has 0 amide bonds. The number of ketones is 3. The van der Waals surface area contributed by atoms with Crippen LogP contribution in [0.2, 0.25) is 0 Å². The molecule has 212 valence electrons. The first kappa shape index (κ1) is 30.5. The van der Waals surface area contributed by atoms with Crippen LogP contribution in [0.3, 0.4) is 0 Å². The average Bonchev–Trinajstić information content (AvgIpc) is 2.86. The number of hydrogen-bond donors (Lipinski definition) is 3. The van der Waals surface area contributed by atoms with Crippen LogP contribution in [0.15, 0.2) is 30.3 Å². The smallest absolute Gasteiger partial charge is 0.167 e. The minimum Gasteiger partial charge on any atom is -0.507 e. The van der Waals surface area contributed by atoms with E-state index in [0.717, 1.165) is 29.7 Å². The lowest BCUT2D eigenvalue weighted by atomic mass is 9.73. The van der Waals surface area contributed by atoms with Crippen molar-refractivity contribution in [1.29, 1.82) is 0 Å². The fraction of sp³-hybridized carbons (Fsp3) is 0.531. The van der Waals surface area contributed by atoms with Gasteiger partial charge in [0.2, 0.25) is 0 Å². The van der Waals surface area contributed by atoms with Crippen molar-refractivity contribution in [2.24, 2.45) is 17.8 Å². The highest BCUT2D eigenvalue weighted by Gasteiger charge is 2.35. The van der Waals surface area contributed by atoms with Gasteiger partial charge in [-0.05, 0) is 87.0 Å². The second-order valence-corrected chi connectivity index (χ2v) is 11.3. The monoisotopic (exact) mass is 537 g/mol. The normalized spacial score (nSPS) is 16.5. The number of nitrogens with zero attached hydrogens (tertiary/aromatic N) is 1.